The van der Waals surface area contributed by atoms with Crippen LogP contribution in [0.3, 0.4) is 0 Å². The number of thiophene rings is 1. The summed E-state index contributed by atoms with van der Waals surface area (Å²) in [7, 11) is 1.59. The van der Waals surface area contributed by atoms with Crippen LogP contribution in [0.2, 0.25) is 0 Å². The van der Waals surface area contributed by atoms with Crippen molar-refractivity contribution < 1.29 is 9.59 Å². The Bertz CT molecular complexity index is 521. The second kappa shape index (κ2) is 5.46. The van der Waals surface area contributed by atoms with Crippen LogP contribution in [0.1, 0.15) is 9.67 Å². The first kappa shape index (κ1) is 12.3. The second-order valence-corrected chi connectivity index (χ2v) is 4.57. The summed E-state index contributed by atoms with van der Waals surface area (Å²) >= 11 is 1.35. The highest BCUT2D eigenvalue weighted by Crippen LogP contribution is 2.10. The van der Waals surface area contributed by atoms with Crippen molar-refractivity contribution in [2.75, 3.05) is 18.9 Å². The maximum atomic E-state index is 11.9. The number of likely N-dealkylation sites (N-methyl/N-ethyl adjacent to an activating group) is 1. The quantitative estimate of drug-likeness (QED) is 0.870. The number of imidazole rings is 1. The monoisotopic (exact) mass is 264 g/mol. The number of nitrogens with zero attached hydrogens (tertiary/aromatic N) is 2. The molecule has 0 aliphatic rings. The SMILES string of the molecule is CN(CC(=O)Nc1ncc[nH]1)C(=O)c1cccs1. The third-order valence-electron chi connectivity index (χ3n) is 2.22. The minimum absolute atomic E-state index is 0.0164. The van der Waals surface area contributed by atoms with E-state index in [1.54, 1.807) is 25.4 Å². The number of hydrogen-bond donors (Lipinski definition) is 2. The zero-order valence-electron chi connectivity index (χ0n) is 9.71. The average molecular weight is 264 g/mol. The fraction of sp³-hybridized carbons (Fsp3) is 0.182. The first-order chi connectivity index (χ1) is 8.66. The van der Waals surface area contributed by atoms with Gasteiger partial charge in [0.25, 0.3) is 5.91 Å². The van der Waals surface area contributed by atoms with Gasteiger partial charge in [-0.3, -0.25) is 14.9 Å². The Morgan fingerprint density at radius 1 is 1.56 bits per heavy atom. The summed E-state index contributed by atoms with van der Waals surface area (Å²) in [5, 5.41) is 4.38. The lowest BCUT2D eigenvalue weighted by atomic mass is 10.4. The highest BCUT2D eigenvalue weighted by atomic mass is 32.1. The van der Waals surface area contributed by atoms with Crippen LogP contribution in [0.15, 0.2) is 29.9 Å². The van der Waals surface area contributed by atoms with E-state index in [1.165, 1.54) is 22.4 Å². The van der Waals surface area contributed by atoms with Gasteiger partial charge in [-0.1, -0.05) is 6.07 Å². The van der Waals surface area contributed by atoms with Gasteiger partial charge in [0.05, 0.1) is 11.4 Å². The highest BCUT2D eigenvalue weighted by Gasteiger charge is 2.15. The first-order valence-electron chi connectivity index (χ1n) is 5.25. The lowest BCUT2D eigenvalue weighted by Gasteiger charge is -2.15. The van der Waals surface area contributed by atoms with E-state index in [1.807, 2.05) is 5.38 Å². The number of hydrogen-bond acceptors (Lipinski definition) is 4. The molecule has 2 heterocycles. The van der Waals surface area contributed by atoms with E-state index >= 15 is 0 Å². The molecule has 18 heavy (non-hydrogen) atoms. The van der Waals surface area contributed by atoms with Crippen molar-refractivity contribution in [2.24, 2.45) is 0 Å². The lowest BCUT2D eigenvalue weighted by molar-refractivity contribution is -0.116. The number of aromatic amines is 1. The zero-order valence-corrected chi connectivity index (χ0v) is 10.5. The maximum Gasteiger partial charge on any atom is 0.264 e. The van der Waals surface area contributed by atoms with Crippen LogP contribution < -0.4 is 5.32 Å². The predicted octanol–water partition coefficient (Wildman–Crippen LogP) is 1.18. The topological polar surface area (TPSA) is 78.1 Å². The molecule has 0 saturated heterocycles. The molecule has 0 spiro atoms. The molecule has 2 rings (SSSR count). The molecule has 0 saturated carbocycles. The van der Waals surface area contributed by atoms with Crippen LogP contribution in [0.25, 0.3) is 0 Å². The Labute approximate surface area is 108 Å². The summed E-state index contributed by atoms with van der Waals surface area (Å²) in [6, 6.07) is 3.53. The summed E-state index contributed by atoms with van der Waals surface area (Å²) in [6.45, 7) is -0.0164. The highest BCUT2D eigenvalue weighted by molar-refractivity contribution is 7.12. The number of anilines is 1. The van der Waals surface area contributed by atoms with E-state index in [-0.39, 0.29) is 18.4 Å². The molecule has 2 aromatic heterocycles. The van der Waals surface area contributed by atoms with E-state index in [0.29, 0.717) is 10.8 Å². The van der Waals surface area contributed by atoms with Crippen LogP contribution in [0.5, 0.6) is 0 Å². The molecule has 2 N–H and O–H groups in total. The molecule has 0 aliphatic carbocycles. The van der Waals surface area contributed by atoms with E-state index in [9.17, 15) is 9.59 Å². The summed E-state index contributed by atoms with van der Waals surface area (Å²) < 4.78 is 0. The van der Waals surface area contributed by atoms with Crippen molar-refractivity contribution in [2.45, 2.75) is 0 Å². The van der Waals surface area contributed by atoms with Gasteiger partial charge in [-0.25, -0.2) is 4.98 Å². The Balaban J connectivity index is 1.89. The molecule has 0 unspecified atom stereocenters. The molecule has 0 aromatic carbocycles. The maximum absolute atomic E-state index is 11.9. The lowest BCUT2D eigenvalue weighted by Crippen LogP contribution is -2.34. The van der Waals surface area contributed by atoms with E-state index in [4.69, 9.17) is 0 Å². The van der Waals surface area contributed by atoms with Gasteiger partial charge in [-0.05, 0) is 11.4 Å². The summed E-state index contributed by atoms with van der Waals surface area (Å²) in [5.74, 6) is -0.0890. The van der Waals surface area contributed by atoms with E-state index in [2.05, 4.69) is 15.3 Å². The minimum Gasteiger partial charge on any atom is -0.332 e. The number of amides is 2. The molecule has 94 valence electrons. The molecule has 0 aliphatic heterocycles. The predicted molar refractivity (Wildman–Crippen MR) is 68.5 cm³/mol. The van der Waals surface area contributed by atoms with Gasteiger partial charge in [0, 0.05) is 19.4 Å². The van der Waals surface area contributed by atoms with E-state index in [0.717, 1.165) is 0 Å². The van der Waals surface area contributed by atoms with Crippen molar-refractivity contribution in [3.8, 4) is 0 Å². The number of H-pyrrole nitrogens is 1. The zero-order chi connectivity index (χ0) is 13.0. The van der Waals surface area contributed by atoms with Crippen LogP contribution >= 0.6 is 11.3 Å². The summed E-state index contributed by atoms with van der Waals surface area (Å²) in [6.07, 6.45) is 3.15. The van der Waals surface area contributed by atoms with Crippen molar-refractivity contribution >= 4 is 29.1 Å². The molecular weight excluding hydrogens is 252 g/mol. The molecule has 0 atom stereocenters. The number of rotatable bonds is 4. The number of carbonyl (C=O) groups excluding carboxylic acids is 2. The third kappa shape index (κ3) is 2.95. The summed E-state index contributed by atoms with van der Waals surface area (Å²) in [5.41, 5.74) is 0. The molecular formula is C11H12N4O2S. The molecule has 0 radical (unpaired) electrons. The standard InChI is InChI=1S/C11H12N4O2S/c1-15(10(17)8-3-2-6-18-8)7-9(16)14-11-12-4-5-13-11/h2-6H,7H2,1H3,(H2,12,13,14,16). The number of aromatic nitrogens is 2. The van der Waals surface area contributed by atoms with Crippen molar-refractivity contribution in [3.63, 3.8) is 0 Å². The van der Waals surface area contributed by atoms with Crippen molar-refractivity contribution in [3.05, 3.63) is 34.8 Å². The molecule has 7 heteroatoms. The second-order valence-electron chi connectivity index (χ2n) is 3.62. The fourth-order valence-corrected chi connectivity index (χ4v) is 2.10. The fourth-order valence-electron chi connectivity index (χ4n) is 1.38. The molecule has 2 aromatic rings. The molecule has 0 fully saturated rings. The van der Waals surface area contributed by atoms with E-state index < -0.39 is 0 Å². The van der Waals surface area contributed by atoms with Crippen LogP contribution in [0, 0.1) is 0 Å². The molecule has 0 bridgehead atoms. The van der Waals surface area contributed by atoms with Gasteiger partial charge in [0.1, 0.15) is 0 Å². The first-order valence-corrected chi connectivity index (χ1v) is 6.13. The Morgan fingerprint density at radius 3 is 3.00 bits per heavy atom. The van der Waals surface area contributed by atoms with Crippen molar-refractivity contribution in [1.82, 2.24) is 14.9 Å². The van der Waals surface area contributed by atoms with Crippen LogP contribution in [-0.4, -0.2) is 40.3 Å². The Morgan fingerprint density at radius 2 is 2.39 bits per heavy atom. The van der Waals surface area contributed by atoms with Crippen LogP contribution in [-0.2, 0) is 4.79 Å². The number of carbonyl (C=O) groups is 2. The smallest absolute Gasteiger partial charge is 0.264 e. The normalized spacial score (nSPS) is 10.1. The third-order valence-corrected chi connectivity index (χ3v) is 3.07. The van der Waals surface area contributed by atoms with Gasteiger partial charge in [-0.2, -0.15) is 0 Å². The largest absolute Gasteiger partial charge is 0.332 e. The minimum atomic E-state index is -0.294. The molecule has 2 amide bonds. The summed E-state index contributed by atoms with van der Waals surface area (Å²) in [4.78, 5) is 32.1. The average Bonchev–Trinajstić information content (AvgIpc) is 2.99. The van der Waals surface area contributed by atoms with Gasteiger partial charge < -0.3 is 9.88 Å². The van der Waals surface area contributed by atoms with Gasteiger partial charge in [0.2, 0.25) is 11.9 Å². The Kier molecular flexibility index (Phi) is 3.73. The van der Waals surface area contributed by atoms with Gasteiger partial charge >= 0.3 is 0 Å². The van der Waals surface area contributed by atoms with Gasteiger partial charge in [0.15, 0.2) is 0 Å². The molecule has 6 nitrogen and oxygen atoms in total. The van der Waals surface area contributed by atoms with Crippen molar-refractivity contribution in [1.29, 1.82) is 0 Å². The Hall–Kier alpha value is -2.15. The van der Waals surface area contributed by atoms with Crippen LogP contribution in [0.4, 0.5) is 5.95 Å². The van der Waals surface area contributed by atoms with Gasteiger partial charge in [-0.15, -0.1) is 11.3 Å². The number of nitrogens with one attached hydrogen (secondary N) is 2.